The molecule has 0 saturated carbocycles. The van der Waals surface area contributed by atoms with Crippen molar-refractivity contribution in [2.45, 2.75) is 6.42 Å². The Labute approximate surface area is 220 Å². The molecule has 2 amide bonds. The average Bonchev–Trinajstić information content (AvgIpc) is 2.88. The molecule has 0 unspecified atom stereocenters. The number of amides is 2. The summed E-state index contributed by atoms with van der Waals surface area (Å²) in [4.78, 5) is 29.5. The Balaban J connectivity index is 1.35. The summed E-state index contributed by atoms with van der Waals surface area (Å²) < 4.78 is 0. The van der Waals surface area contributed by atoms with Crippen molar-refractivity contribution in [2.75, 3.05) is 49.1 Å². The first-order valence-electron chi connectivity index (χ1n) is 11.8. The quantitative estimate of drug-likeness (QED) is 0.406. The van der Waals surface area contributed by atoms with Crippen LogP contribution in [0.1, 0.15) is 16.8 Å². The number of benzene rings is 3. The van der Waals surface area contributed by atoms with Crippen molar-refractivity contribution < 1.29 is 14.7 Å². The van der Waals surface area contributed by atoms with Crippen LogP contribution in [0.2, 0.25) is 10.0 Å². The Morgan fingerprint density at radius 3 is 2.28 bits per heavy atom. The molecular formula is C27H28Cl2N4O3. The Morgan fingerprint density at radius 1 is 0.917 bits per heavy atom. The normalized spacial score (nSPS) is 14.0. The second-order valence-corrected chi connectivity index (χ2v) is 9.47. The van der Waals surface area contributed by atoms with Gasteiger partial charge in [0.15, 0.2) is 0 Å². The predicted molar refractivity (Wildman–Crippen MR) is 145 cm³/mol. The number of carboxylic acid groups (broad SMARTS) is 1. The minimum atomic E-state index is -1.00. The van der Waals surface area contributed by atoms with Crippen LogP contribution in [0.25, 0.3) is 11.1 Å². The monoisotopic (exact) mass is 526 g/mol. The Bertz CT molecular complexity index is 1250. The van der Waals surface area contributed by atoms with Gasteiger partial charge in [-0.1, -0.05) is 53.5 Å². The minimum absolute atomic E-state index is 0.375. The van der Waals surface area contributed by atoms with Crippen LogP contribution < -0.4 is 15.5 Å². The number of halogens is 2. The van der Waals surface area contributed by atoms with Crippen molar-refractivity contribution in [3.05, 3.63) is 82.3 Å². The van der Waals surface area contributed by atoms with E-state index >= 15 is 0 Å². The van der Waals surface area contributed by atoms with Crippen molar-refractivity contribution in [3.8, 4) is 11.1 Å². The maximum absolute atomic E-state index is 12.1. The molecule has 0 bridgehead atoms. The summed E-state index contributed by atoms with van der Waals surface area (Å²) in [6.45, 7) is 4.55. The van der Waals surface area contributed by atoms with E-state index in [1.54, 1.807) is 30.3 Å². The summed E-state index contributed by atoms with van der Waals surface area (Å²) in [5.74, 6) is -0.503. The van der Waals surface area contributed by atoms with Crippen molar-refractivity contribution in [1.29, 1.82) is 0 Å². The van der Waals surface area contributed by atoms with Crippen LogP contribution in [0.5, 0.6) is 0 Å². The minimum Gasteiger partial charge on any atom is -0.465 e. The van der Waals surface area contributed by atoms with E-state index in [2.05, 4.69) is 9.80 Å². The fraction of sp³-hybridized carbons (Fsp3) is 0.259. The number of nitrogens with two attached hydrogens (primary N) is 1. The fourth-order valence-corrected chi connectivity index (χ4v) is 4.86. The molecule has 0 aromatic heterocycles. The molecular weight excluding hydrogens is 499 g/mol. The van der Waals surface area contributed by atoms with Crippen LogP contribution in [-0.2, 0) is 0 Å². The smallest absolute Gasteiger partial charge is 0.411 e. The lowest BCUT2D eigenvalue weighted by Gasteiger charge is -2.36. The molecule has 1 fully saturated rings. The second kappa shape index (κ2) is 11.6. The number of hydrogen-bond donors (Lipinski definition) is 2. The largest absolute Gasteiger partial charge is 0.465 e. The molecule has 3 N–H and O–H groups in total. The van der Waals surface area contributed by atoms with Gasteiger partial charge in [0.1, 0.15) is 0 Å². The topological polar surface area (TPSA) is 90.1 Å². The Morgan fingerprint density at radius 2 is 1.58 bits per heavy atom. The molecule has 1 aliphatic heterocycles. The van der Waals surface area contributed by atoms with Gasteiger partial charge < -0.3 is 15.7 Å². The van der Waals surface area contributed by atoms with Crippen molar-refractivity contribution in [1.82, 2.24) is 4.90 Å². The summed E-state index contributed by atoms with van der Waals surface area (Å²) >= 11 is 12.5. The molecule has 7 nitrogen and oxygen atoms in total. The lowest BCUT2D eigenvalue weighted by molar-refractivity contribution is 0.1000. The first-order chi connectivity index (χ1) is 17.3. The molecule has 1 saturated heterocycles. The highest BCUT2D eigenvalue weighted by molar-refractivity contribution is 6.43. The molecule has 0 atom stereocenters. The number of primary amides is 1. The fourth-order valence-electron chi connectivity index (χ4n) is 4.44. The molecule has 1 heterocycles. The van der Waals surface area contributed by atoms with Gasteiger partial charge in [-0.25, -0.2) is 4.79 Å². The third-order valence-electron chi connectivity index (χ3n) is 6.37. The number of carbonyl (C=O) groups excluding carboxylic acids is 1. The van der Waals surface area contributed by atoms with Gasteiger partial charge >= 0.3 is 6.09 Å². The van der Waals surface area contributed by atoms with Crippen LogP contribution in [0, 0.1) is 0 Å². The predicted octanol–water partition coefficient (Wildman–Crippen LogP) is 5.46. The van der Waals surface area contributed by atoms with Crippen LogP contribution >= 0.6 is 23.2 Å². The molecule has 0 radical (unpaired) electrons. The highest BCUT2D eigenvalue weighted by atomic mass is 35.5. The number of piperazine rings is 1. The average molecular weight is 527 g/mol. The number of rotatable bonds is 8. The number of carbonyl (C=O) groups is 2. The Kier molecular flexibility index (Phi) is 8.36. The van der Waals surface area contributed by atoms with E-state index < -0.39 is 12.0 Å². The van der Waals surface area contributed by atoms with Gasteiger partial charge in [0.05, 0.1) is 15.7 Å². The maximum Gasteiger partial charge on any atom is 0.411 e. The molecule has 1 aliphatic rings. The van der Waals surface area contributed by atoms with Gasteiger partial charge in [-0.15, -0.1) is 0 Å². The van der Waals surface area contributed by atoms with Crippen molar-refractivity contribution >= 4 is 46.6 Å². The Hall–Kier alpha value is -3.26. The van der Waals surface area contributed by atoms with Crippen LogP contribution in [-0.4, -0.2) is 61.3 Å². The van der Waals surface area contributed by atoms with Crippen LogP contribution in [0.15, 0.2) is 66.7 Å². The molecule has 188 valence electrons. The zero-order valence-corrected chi connectivity index (χ0v) is 21.3. The molecule has 3 aromatic rings. The summed E-state index contributed by atoms with van der Waals surface area (Å²) in [5.41, 5.74) is 8.96. The summed E-state index contributed by atoms with van der Waals surface area (Å²) in [7, 11) is 0. The lowest BCUT2D eigenvalue weighted by atomic mass is 10.0. The molecule has 3 aromatic carbocycles. The number of anilines is 2. The van der Waals surface area contributed by atoms with Crippen LogP contribution in [0.4, 0.5) is 16.2 Å². The SMILES string of the molecule is NC(=O)c1cccc(-c2cccc(N(CCCN3CCN(c4cccc(Cl)c4Cl)CC3)C(=O)O)c2)c1. The van der Waals surface area contributed by atoms with E-state index in [-0.39, 0.29) is 0 Å². The standard InChI is InChI=1S/C27H28Cl2N4O3/c28-23-9-3-10-24(25(23)29)32-15-13-31(14-16-32)11-4-12-33(27(35)36)22-8-2-6-20(18-22)19-5-1-7-21(17-19)26(30)34/h1-3,5-10,17-18H,4,11-16H2,(H2,30,34)(H,35,36). The van der Waals surface area contributed by atoms with E-state index in [1.165, 1.54) is 4.90 Å². The number of nitrogens with zero attached hydrogens (tertiary/aromatic N) is 3. The third-order valence-corrected chi connectivity index (χ3v) is 7.18. The van der Waals surface area contributed by atoms with Gasteiger partial charge in [-0.05, 0) is 60.5 Å². The van der Waals surface area contributed by atoms with E-state index in [4.69, 9.17) is 28.9 Å². The zero-order chi connectivity index (χ0) is 25.7. The van der Waals surface area contributed by atoms with Gasteiger partial charge in [0.25, 0.3) is 0 Å². The first-order valence-corrected chi connectivity index (χ1v) is 12.5. The molecule has 4 rings (SSSR count). The summed E-state index contributed by atoms with van der Waals surface area (Å²) in [5, 5.41) is 11.0. The summed E-state index contributed by atoms with van der Waals surface area (Å²) in [6.07, 6.45) is -0.301. The highest BCUT2D eigenvalue weighted by Gasteiger charge is 2.21. The van der Waals surface area contributed by atoms with E-state index in [9.17, 15) is 14.7 Å². The zero-order valence-electron chi connectivity index (χ0n) is 19.7. The van der Waals surface area contributed by atoms with E-state index in [1.807, 2.05) is 36.4 Å². The van der Waals surface area contributed by atoms with Gasteiger partial charge in [0.2, 0.25) is 5.91 Å². The van der Waals surface area contributed by atoms with Gasteiger partial charge in [-0.2, -0.15) is 0 Å². The second-order valence-electron chi connectivity index (χ2n) is 8.68. The maximum atomic E-state index is 12.1. The highest BCUT2D eigenvalue weighted by Crippen LogP contribution is 2.33. The van der Waals surface area contributed by atoms with Crippen molar-refractivity contribution in [2.24, 2.45) is 5.73 Å². The first kappa shape index (κ1) is 25.8. The molecule has 0 aliphatic carbocycles. The summed E-state index contributed by atoms with van der Waals surface area (Å²) in [6, 6.07) is 20.0. The van der Waals surface area contributed by atoms with Crippen LogP contribution in [0.3, 0.4) is 0 Å². The third kappa shape index (κ3) is 6.10. The van der Waals surface area contributed by atoms with E-state index in [0.717, 1.165) is 49.5 Å². The number of hydrogen-bond acceptors (Lipinski definition) is 4. The van der Waals surface area contributed by atoms with E-state index in [0.29, 0.717) is 34.3 Å². The molecule has 36 heavy (non-hydrogen) atoms. The molecule has 9 heteroatoms. The lowest BCUT2D eigenvalue weighted by Crippen LogP contribution is -2.47. The van der Waals surface area contributed by atoms with Crippen molar-refractivity contribution in [3.63, 3.8) is 0 Å². The van der Waals surface area contributed by atoms with Gasteiger partial charge in [-0.3, -0.25) is 14.6 Å². The molecule has 0 spiro atoms. The van der Waals surface area contributed by atoms with Gasteiger partial charge in [0, 0.05) is 44.0 Å².